The fraction of sp³-hybridized carbons (Fsp3) is 0.440. The van der Waals surface area contributed by atoms with Crippen molar-refractivity contribution in [2.24, 2.45) is 0 Å². The molecule has 2 amide bonds. The number of thiophene rings is 1. The minimum absolute atomic E-state index is 0.112. The topological polar surface area (TPSA) is 122 Å². The van der Waals surface area contributed by atoms with Crippen LogP contribution in [0, 0.1) is 0 Å². The molecule has 188 valence electrons. The molecule has 3 rings (SSSR count). The number of thioether (sulfide) groups is 1. The summed E-state index contributed by atoms with van der Waals surface area (Å²) in [6, 6.07) is 7.04. The average molecular weight is 519 g/mol. The first-order valence-corrected chi connectivity index (χ1v) is 13.3. The molecule has 0 bridgehead atoms. The second-order valence-electron chi connectivity index (χ2n) is 8.33. The number of ether oxygens (including phenoxy) is 1. The van der Waals surface area contributed by atoms with Crippen LogP contribution in [0.4, 0.5) is 10.7 Å². The lowest BCUT2D eigenvalue weighted by Crippen LogP contribution is -2.23. The van der Waals surface area contributed by atoms with E-state index in [4.69, 9.17) is 9.84 Å². The number of benzene rings is 1. The first kappa shape index (κ1) is 26.7. The van der Waals surface area contributed by atoms with E-state index >= 15 is 0 Å². The van der Waals surface area contributed by atoms with Gasteiger partial charge >= 0.3 is 11.9 Å². The van der Waals surface area contributed by atoms with E-state index in [1.54, 1.807) is 25.1 Å². The molecule has 1 heterocycles. The van der Waals surface area contributed by atoms with Crippen molar-refractivity contribution in [1.29, 1.82) is 0 Å². The molecule has 35 heavy (non-hydrogen) atoms. The Morgan fingerprint density at radius 1 is 1.09 bits per heavy atom. The van der Waals surface area contributed by atoms with Crippen LogP contribution in [0.15, 0.2) is 29.2 Å². The number of nitrogens with one attached hydrogen (secondary N) is 2. The number of carboxylic acids is 1. The van der Waals surface area contributed by atoms with Crippen LogP contribution in [-0.2, 0) is 32.0 Å². The molecule has 0 spiro atoms. The van der Waals surface area contributed by atoms with E-state index in [0.29, 0.717) is 16.3 Å². The highest BCUT2D eigenvalue weighted by Crippen LogP contribution is 2.38. The molecule has 0 radical (unpaired) electrons. The zero-order chi connectivity index (χ0) is 25.4. The molecule has 3 N–H and O–H groups in total. The van der Waals surface area contributed by atoms with Gasteiger partial charge in [-0.15, -0.1) is 23.1 Å². The number of amides is 2. The van der Waals surface area contributed by atoms with Crippen molar-refractivity contribution in [2.45, 2.75) is 68.4 Å². The predicted molar refractivity (Wildman–Crippen MR) is 137 cm³/mol. The summed E-state index contributed by atoms with van der Waals surface area (Å²) < 4.78 is 5.03. The van der Waals surface area contributed by atoms with Crippen molar-refractivity contribution < 1.29 is 29.0 Å². The van der Waals surface area contributed by atoms with E-state index in [9.17, 15) is 19.2 Å². The number of aryl methyl sites for hydroxylation is 1. The number of methoxy groups -OCH3 is 1. The van der Waals surface area contributed by atoms with Crippen molar-refractivity contribution in [3.8, 4) is 0 Å². The number of carboxylic acid groups (broad SMARTS) is 1. The summed E-state index contributed by atoms with van der Waals surface area (Å²) in [5, 5.41) is 14.4. The van der Waals surface area contributed by atoms with Crippen molar-refractivity contribution >= 4 is 57.5 Å². The summed E-state index contributed by atoms with van der Waals surface area (Å²) in [6.07, 6.45) is 5.73. The number of rotatable bonds is 9. The smallest absolute Gasteiger partial charge is 0.341 e. The number of fused-ring (bicyclic) bond motifs is 1. The minimum atomic E-state index is -1.03. The van der Waals surface area contributed by atoms with Gasteiger partial charge in [-0.3, -0.25) is 14.4 Å². The molecular formula is C25H30N2O6S2. The molecule has 2 aromatic rings. The second-order valence-corrected chi connectivity index (χ2v) is 10.9. The highest BCUT2D eigenvalue weighted by atomic mass is 32.2. The Balaban J connectivity index is 1.69. The first-order chi connectivity index (χ1) is 16.8. The molecule has 10 heteroatoms. The molecule has 0 saturated heterocycles. The molecule has 0 fully saturated rings. The quantitative estimate of drug-likeness (QED) is 0.311. The number of aliphatic carboxylic acids is 1. The Morgan fingerprint density at radius 3 is 2.54 bits per heavy atom. The maximum absolute atomic E-state index is 13.0. The van der Waals surface area contributed by atoms with Crippen LogP contribution in [-0.4, -0.2) is 41.2 Å². The molecule has 0 aliphatic heterocycles. The Bertz CT molecular complexity index is 1100. The summed E-state index contributed by atoms with van der Waals surface area (Å²) in [5.41, 5.74) is 2.01. The molecule has 1 aliphatic rings. The van der Waals surface area contributed by atoms with Crippen LogP contribution < -0.4 is 10.6 Å². The summed E-state index contributed by atoms with van der Waals surface area (Å²) in [7, 11) is 1.35. The zero-order valence-corrected chi connectivity index (χ0v) is 21.5. The predicted octanol–water partition coefficient (Wildman–Crippen LogP) is 5.12. The Hall–Kier alpha value is -2.85. The van der Waals surface area contributed by atoms with E-state index < -0.39 is 17.2 Å². The number of esters is 1. The summed E-state index contributed by atoms with van der Waals surface area (Å²) >= 11 is 2.79. The molecule has 1 aromatic carbocycles. The third kappa shape index (κ3) is 7.57. The molecule has 1 unspecified atom stereocenters. The van der Waals surface area contributed by atoms with Gasteiger partial charge < -0.3 is 20.5 Å². The first-order valence-electron chi connectivity index (χ1n) is 11.6. The monoisotopic (exact) mass is 518 g/mol. The van der Waals surface area contributed by atoms with Gasteiger partial charge in [0.05, 0.1) is 24.3 Å². The van der Waals surface area contributed by atoms with E-state index in [2.05, 4.69) is 10.6 Å². The Labute approximate surface area is 212 Å². The lowest BCUT2D eigenvalue weighted by Gasteiger charge is -2.13. The van der Waals surface area contributed by atoms with Gasteiger partial charge in [-0.1, -0.05) is 18.9 Å². The van der Waals surface area contributed by atoms with Gasteiger partial charge in [0.25, 0.3) is 0 Å². The number of carbonyl (C=O) groups excluding carboxylic acids is 3. The SMILES string of the molecule is COC(=O)c1c(NC(=O)C(C)Sc2cccc(NC(=O)CCC(=O)O)c2)sc2c1CCCCCC2. The maximum atomic E-state index is 13.0. The number of carbonyl (C=O) groups is 4. The van der Waals surface area contributed by atoms with Crippen LogP contribution in [0.25, 0.3) is 0 Å². The standard InChI is InChI=1S/C25H30N2O6S2/c1-15(34-17-9-7-8-16(14-17)26-20(28)12-13-21(29)30)23(31)27-24-22(25(32)33-2)18-10-5-3-4-6-11-19(18)35-24/h7-9,14-15H,3-6,10-13H2,1-2H3,(H,26,28)(H,27,31)(H,29,30). The van der Waals surface area contributed by atoms with Crippen LogP contribution in [0.1, 0.15) is 66.2 Å². The van der Waals surface area contributed by atoms with E-state index in [1.165, 1.54) is 36.6 Å². The summed E-state index contributed by atoms with van der Waals surface area (Å²) in [4.78, 5) is 50.1. The van der Waals surface area contributed by atoms with Gasteiger partial charge in [0.1, 0.15) is 5.00 Å². The second kappa shape index (κ2) is 12.7. The van der Waals surface area contributed by atoms with Crippen LogP contribution in [0.2, 0.25) is 0 Å². The minimum Gasteiger partial charge on any atom is -0.481 e. The fourth-order valence-electron chi connectivity index (χ4n) is 3.89. The molecular weight excluding hydrogens is 488 g/mol. The van der Waals surface area contributed by atoms with Crippen molar-refractivity contribution in [2.75, 3.05) is 17.7 Å². The van der Waals surface area contributed by atoms with Gasteiger partial charge in [0.15, 0.2) is 0 Å². The van der Waals surface area contributed by atoms with Gasteiger partial charge in [-0.2, -0.15) is 0 Å². The van der Waals surface area contributed by atoms with Gasteiger partial charge in [0.2, 0.25) is 11.8 Å². The van der Waals surface area contributed by atoms with E-state index in [0.717, 1.165) is 47.4 Å². The number of hydrogen-bond donors (Lipinski definition) is 3. The Kier molecular flexibility index (Phi) is 9.73. The lowest BCUT2D eigenvalue weighted by molar-refractivity contribution is -0.138. The highest BCUT2D eigenvalue weighted by molar-refractivity contribution is 8.00. The van der Waals surface area contributed by atoms with Crippen LogP contribution in [0.5, 0.6) is 0 Å². The maximum Gasteiger partial charge on any atom is 0.341 e. The zero-order valence-electron chi connectivity index (χ0n) is 19.8. The molecule has 1 aliphatic carbocycles. The highest BCUT2D eigenvalue weighted by Gasteiger charge is 2.27. The Morgan fingerprint density at radius 2 is 1.83 bits per heavy atom. The van der Waals surface area contributed by atoms with Crippen molar-refractivity contribution in [1.82, 2.24) is 0 Å². The van der Waals surface area contributed by atoms with E-state index in [-0.39, 0.29) is 24.7 Å². The molecule has 0 saturated carbocycles. The van der Waals surface area contributed by atoms with Crippen LogP contribution >= 0.6 is 23.1 Å². The van der Waals surface area contributed by atoms with Gasteiger partial charge in [-0.25, -0.2) is 4.79 Å². The third-order valence-corrected chi connectivity index (χ3v) is 7.96. The summed E-state index contributed by atoms with van der Waals surface area (Å²) in [6.45, 7) is 1.78. The molecule has 1 atom stereocenters. The summed E-state index contributed by atoms with van der Waals surface area (Å²) in [5.74, 6) is -2.07. The van der Waals surface area contributed by atoms with E-state index in [1.807, 2.05) is 6.07 Å². The van der Waals surface area contributed by atoms with Gasteiger partial charge in [0, 0.05) is 21.9 Å². The fourth-order valence-corrected chi connectivity index (χ4v) is 6.09. The largest absolute Gasteiger partial charge is 0.481 e. The normalized spacial score (nSPS) is 14.1. The third-order valence-electron chi connectivity index (χ3n) is 5.66. The molecule has 1 aromatic heterocycles. The number of anilines is 2. The average Bonchev–Trinajstić information content (AvgIpc) is 3.13. The van der Waals surface area contributed by atoms with Crippen molar-refractivity contribution in [3.05, 3.63) is 40.3 Å². The van der Waals surface area contributed by atoms with Gasteiger partial charge in [-0.05, 0) is 56.4 Å². The molecule has 8 nitrogen and oxygen atoms in total. The lowest BCUT2D eigenvalue weighted by atomic mass is 9.96. The van der Waals surface area contributed by atoms with Crippen molar-refractivity contribution in [3.63, 3.8) is 0 Å². The number of hydrogen-bond acceptors (Lipinski definition) is 7. The van der Waals surface area contributed by atoms with Crippen LogP contribution in [0.3, 0.4) is 0 Å².